The summed E-state index contributed by atoms with van der Waals surface area (Å²) in [6.07, 6.45) is 2.09. The lowest BCUT2D eigenvalue weighted by atomic mass is 9.62. The van der Waals surface area contributed by atoms with E-state index in [0.29, 0.717) is 6.61 Å². The van der Waals surface area contributed by atoms with Gasteiger partial charge in [0.15, 0.2) is 0 Å². The van der Waals surface area contributed by atoms with E-state index >= 15 is 0 Å². The molecule has 0 saturated heterocycles. The third-order valence-corrected chi connectivity index (χ3v) is 5.36. The fourth-order valence-corrected chi connectivity index (χ4v) is 2.94. The fraction of sp³-hybridized carbons (Fsp3) is 0.739. The van der Waals surface area contributed by atoms with E-state index in [0.717, 1.165) is 24.3 Å². The van der Waals surface area contributed by atoms with Crippen molar-refractivity contribution in [3.05, 3.63) is 24.3 Å². The molecular weight excluding hydrogens is 308 g/mol. The van der Waals surface area contributed by atoms with Crippen LogP contribution in [0.25, 0.3) is 0 Å². The Hall–Kier alpha value is -1.18. The van der Waals surface area contributed by atoms with Crippen LogP contribution in [-0.2, 0) is 0 Å². The van der Waals surface area contributed by atoms with Crippen LogP contribution in [0.3, 0.4) is 0 Å². The lowest BCUT2D eigenvalue weighted by Crippen LogP contribution is -2.41. The SMILES string of the molecule is CCC(C)(C)Oc1ccc(OCC(C)(CC(C)(C)C)C(C)(C)C)cc1. The fourth-order valence-electron chi connectivity index (χ4n) is 2.94. The largest absolute Gasteiger partial charge is 0.493 e. The normalized spacial score (nSPS) is 15.6. The molecule has 144 valence electrons. The number of hydrogen-bond acceptors (Lipinski definition) is 2. The van der Waals surface area contributed by atoms with Gasteiger partial charge in [-0.3, -0.25) is 0 Å². The number of benzene rings is 1. The van der Waals surface area contributed by atoms with E-state index in [9.17, 15) is 0 Å². The summed E-state index contributed by atoms with van der Waals surface area (Å²) in [4.78, 5) is 0. The first-order valence-corrected chi connectivity index (χ1v) is 9.59. The summed E-state index contributed by atoms with van der Waals surface area (Å²) in [5.41, 5.74) is 0.411. The minimum atomic E-state index is -0.139. The van der Waals surface area contributed by atoms with Crippen LogP contribution in [0.1, 0.15) is 82.1 Å². The molecule has 1 unspecified atom stereocenters. The van der Waals surface area contributed by atoms with Gasteiger partial charge in [0.05, 0.1) is 6.61 Å². The summed E-state index contributed by atoms with van der Waals surface area (Å²) in [5.74, 6) is 1.80. The minimum absolute atomic E-state index is 0.102. The first-order chi connectivity index (χ1) is 11.2. The summed E-state index contributed by atoms with van der Waals surface area (Å²) in [7, 11) is 0. The first kappa shape index (κ1) is 21.9. The van der Waals surface area contributed by atoms with Gasteiger partial charge in [0.25, 0.3) is 0 Å². The predicted molar refractivity (Wildman–Crippen MR) is 109 cm³/mol. The zero-order valence-electron chi connectivity index (χ0n) is 18.2. The number of hydrogen-bond donors (Lipinski definition) is 0. The predicted octanol–water partition coefficient (Wildman–Crippen LogP) is 7.12. The minimum Gasteiger partial charge on any atom is -0.493 e. The third-order valence-electron chi connectivity index (χ3n) is 5.36. The Labute approximate surface area is 156 Å². The van der Waals surface area contributed by atoms with E-state index in [1.54, 1.807) is 0 Å². The maximum absolute atomic E-state index is 6.20. The van der Waals surface area contributed by atoms with Crippen LogP contribution in [0.5, 0.6) is 11.5 Å². The molecule has 0 aliphatic rings. The molecule has 0 aromatic heterocycles. The second kappa shape index (κ2) is 7.60. The van der Waals surface area contributed by atoms with Crippen LogP contribution < -0.4 is 9.47 Å². The van der Waals surface area contributed by atoms with E-state index in [4.69, 9.17) is 9.47 Å². The van der Waals surface area contributed by atoms with E-state index in [1.807, 2.05) is 24.3 Å². The molecule has 0 N–H and O–H groups in total. The van der Waals surface area contributed by atoms with Gasteiger partial charge in [0.2, 0.25) is 0 Å². The highest BCUT2D eigenvalue weighted by atomic mass is 16.5. The smallest absolute Gasteiger partial charge is 0.120 e. The van der Waals surface area contributed by atoms with Crippen LogP contribution in [0.2, 0.25) is 0 Å². The lowest BCUT2D eigenvalue weighted by molar-refractivity contribution is 0.00638. The zero-order valence-corrected chi connectivity index (χ0v) is 18.2. The highest BCUT2D eigenvalue weighted by molar-refractivity contribution is 5.31. The summed E-state index contributed by atoms with van der Waals surface area (Å²) < 4.78 is 12.2. The van der Waals surface area contributed by atoms with Crippen molar-refractivity contribution in [1.29, 1.82) is 0 Å². The Kier molecular flexibility index (Phi) is 6.64. The molecule has 1 rings (SSSR count). The molecule has 0 heterocycles. The molecule has 2 nitrogen and oxygen atoms in total. The number of rotatable bonds is 7. The van der Waals surface area contributed by atoms with Gasteiger partial charge in [-0.15, -0.1) is 0 Å². The first-order valence-electron chi connectivity index (χ1n) is 9.59. The quantitative estimate of drug-likeness (QED) is 0.522. The third kappa shape index (κ3) is 6.92. The molecule has 0 radical (unpaired) electrons. The molecule has 0 fully saturated rings. The summed E-state index contributed by atoms with van der Waals surface area (Å²) in [6, 6.07) is 8.04. The van der Waals surface area contributed by atoms with Gasteiger partial charge < -0.3 is 9.47 Å². The van der Waals surface area contributed by atoms with Crippen molar-refractivity contribution < 1.29 is 9.47 Å². The highest BCUT2D eigenvalue weighted by Gasteiger charge is 2.41. The number of ether oxygens (including phenoxy) is 2. The van der Waals surface area contributed by atoms with Crippen LogP contribution in [0.4, 0.5) is 0 Å². The average Bonchev–Trinajstić information content (AvgIpc) is 2.43. The van der Waals surface area contributed by atoms with Crippen LogP contribution in [0.15, 0.2) is 24.3 Å². The van der Waals surface area contributed by atoms with Crippen molar-refractivity contribution in [3.8, 4) is 11.5 Å². The summed E-state index contributed by atoms with van der Waals surface area (Å²) in [6.45, 7) is 23.3. The van der Waals surface area contributed by atoms with Crippen molar-refractivity contribution in [2.45, 2.75) is 87.7 Å². The van der Waals surface area contributed by atoms with E-state index in [2.05, 4.69) is 69.2 Å². The molecule has 0 aliphatic heterocycles. The average molecular weight is 349 g/mol. The molecule has 1 aromatic carbocycles. The molecular formula is C23H40O2. The topological polar surface area (TPSA) is 18.5 Å². The Morgan fingerprint density at radius 3 is 1.64 bits per heavy atom. The molecule has 1 atom stereocenters. The standard InChI is InChI=1S/C23H40O2/c1-11-22(8,9)25-19-14-12-18(13-15-19)24-17-23(10,21(5,6)7)16-20(2,3)4/h12-15H,11,16-17H2,1-10H3. The molecule has 0 spiro atoms. The lowest BCUT2D eigenvalue weighted by Gasteiger charge is -2.45. The van der Waals surface area contributed by atoms with Crippen LogP contribution >= 0.6 is 0 Å². The Morgan fingerprint density at radius 1 is 0.760 bits per heavy atom. The summed E-state index contributed by atoms with van der Waals surface area (Å²) in [5, 5.41) is 0. The van der Waals surface area contributed by atoms with E-state index < -0.39 is 0 Å². The molecule has 0 aliphatic carbocycles. The maximum Gasteiger partial charge on any atom is 0.120 e. The van der Waals surface area contributed by atoms with Crippen molar-refractivity contribution in [2.75, 3.05) is 6.61 Å². The van der Waals surface area contributed by atoms with E-state index in [1.165, 1.54) is 0 Å². The van der Waals surface area contributed by atoms with Gasteiger partial charge in [-0.25, -0.2) is 0 Å². The van der Waals surface area contributed by atoms with Gasteiger partial charge in [0, 0.05) is 5.41 Å². The highest BCUT2D eigenvalue weighted by Crippen LogP contribution is 2.46. The summed E-state index contributed by atoms with van der Waals surface area (Å²) >= 11 is 0. The molecule has 0 amide bonds. The molecule has 0 bridgehead atoms. The monoisotopic (exact) mass is 348 g/mol. The van der Waals surface area contributed by atoms with E-state index in [-0.39, 0.29) is 21.8 Å². The van der Waals surface area contributed by atoms with Gasteiger partial charge >= 0.3 is 0 Å². The van der Waals surface area contributed by atoms with Crippen molar-refractivity contribution >= 4 is 0 Å². The molecule has 0 saturated carbocycles. The molecule has 25 heavy (non-hydrogen) atoms. The van der Waals surface area contributed by atoms with Gasteiger partial charge in [-0.05, 0) is 61.8 Å². The molecule has 2 heteroatoms. The Bertz CT molecular complexity index is 529. The van der Waals surface area contributed by atoms with Crippen LogP contribution in [0, 0.1) is 16.2 Å². The Morgan fingerprint density at radius 2 is 1.24 bits per heavy atom. The maximum atomic E-state index is 6.20. The van der Waals surface area contributed by atoms with Gasteiger partial charge in [-0.1, -0.05) is 55.4 Å². The zero-order chi connectivity index (χ0) is 19.5. The van der Waals surface area contributed by atoms with Gasteiger partial charge in [0.1, 0.15) is 17.1 Å². The van der Waals surface area contributed by atoms with Crippen molar-refractivity contribution in [2.24, 2.45) is 16.2 Å². The second-order valence-electron chi connectivity index (χ2n) is 10.5. The van der Waals surface area contributed by atoms with Gasteiger partial charge in [-0.2, -0.15) is 0 Å². The Balaban J connectivity index is 2.81. The second-order valence-corrected chi connectivity index (χ2v) is 10.5. The van der Waals surface area contributed by atoms with Crippen molar-refractivity contribution in [1.82, 2.24) is 0 Å². The molecule has 1 aromatic rings. The van der Waals surface area contributed by atoms with Crippen molar-refractivity contribution in [3.63, 3.8) is 0 Å². The van der Waals surface area contributed by atoms with Crippen LogP contribution in [-0.4, -0.2) is 12.2 Å².